The van der Waals surface area contributed by atoms with E-state index in [1.54, 1.807) is 0 Å². The fourth-order valence-corrected chi connectivity index (χ4v) is 1.13. The number of hydrogen-bond acceptors (Lipinski definition) is 4. The van der Waals surface area contributed by atoms with Gasteiger partial charge in [0.15, 0.2) is 0 Å². The van der Waals surface area contributed by atoms with E-state index in [-0.39, 0.29) is 6.61 Å². The number of ether oxygens (including phenoxy) is 2. The monoisotopic (exact) mass is 249 g/mol. The topological polar surface area (TPSA) is 61.5 Å². The van der Waals surface area contributed by atoms with Gasteiger partial charge in [-0.3, -0.25) is 0 Å². The van der Waals surface area contributed by atoms with Gasteiger partial charge in [0.05, 0.1) is 12.3 Å². The van der Waals surface area contributed by atoms with Crippen LogP contribution in [0.4, 0.5) is 18.9 Å². The Morgan fingerprint density at radius 3 is 2.65 bits per heavy atom. The van der Waals surface area contributed by atoms with Crippen LogP contribution in [-0.2, 0) is 4.74 Å². The Labute approximate surface area is 95.1 Å². The number of carbonyl (C=O) groups is 1. The number of alkyl halides is 2. The van der Waals surface area contributed by atoms with Gasteiger partial charge >= 0.3 is 12.6 Å². The van der Waals surface area contributed by atoms with Crippen molar-refractivity contribution < 1.29 is 27.4 Å². The molecule has 94 valence electrons. The summed E-state index contributed by atoms with van der Waals surface area (Å²) in [5.74, 6) is -2.38. The highest BCUT2D eigenvalue weighted by molar-refractivity contribution is 5.93. The van der Waals surface area contributed by atoms with Gasteiger partial charge in [-0.15, -0.1) is 0 Å². The summed E-state index contributed by atoms with van der Waals surface area (Å²) < 4.78 is 45.9. The maximum absolute atomic E-state index is 13.1. The van der Waals surface area contributed by atoms with Gasteiger partial charge in [-0.05, 0) is 13.0 Å². The van der Waals surface area contributed by atoms with Crippen LogP contribution in [0.25, 0.3) is 0 Å². The minimum Gasteiger partial charge on any atom is -0.462 e. The number of hydrogen-bond donors (Lipinski definition) is 1. The number of benzene rings is 1. The molecule has 0 bridgehead atoms. The highest BCUT2D eigenvalue weighted by Crippen LogP contribution is 2.26. The summed E-state index contributed by atoms with van der Waals surface area (Å²) in [6, 6.07) is 1.51. The minimum atomic E-state index is -3.15. The molecule has 0 amide bonds. The highest BCUT2D eigenvalue weighted by Gasteiger charge is 2.19. The van der Waals surface area contributed by atoms with Gasteiger partial charge in [-0.1, -0.05) is 0 Å². The normalized spacial score (nSPS) is 10.4. The molecule has 0 radical (unpaired) electrons. The third kappa shape index (κ3) is 3.27. The van der Waals surface area contributed by atoms with Gasteiger partial charge in [-0.2, -0.15) is 8.78 Å². The minimum absolute atomic E-state index is 0.0267. The van der Waals surface area contributed by atoms with Crippen LogP contribution in [0, 0.1) is 5.82 Å². The number of halogens is 3. The van der Waals surface area contributed by atoms with E-state index in [2.05, 4.69) is 9.47 Å². The van der Waals surface area contributed by atoms with E-state index >= 15 is 0 Å². The summed E-state index contributed by atoms with van der Waals surface area (Å²) in [7, 11) is 0. The second kappa shape index (κ2) is 5.42. The average molecular weight is 249 g/mol. The summed E-state index contributed by atoms with van der Waals surface area (Å²) in [4.78, 5) is 11.4. The van der Waals surface area contributed by atoms with Crippen LogP contribution in [0.5, 0.6) is 5.75 Å². The van der Waals surface area contributed by atoms with Crippen molar-refractivity contribution in [2.45, 2.75) is 13.5 Å². The second-order valence-corrected chi connectivity index (χ2v) is 2.97. The zero-order chi connectivity index (χ0) is 13.0. The first-order valence-electron chi connectivity index (χ1n) is 4.66. The summed E-state index contributed by atoms with van der Waals surface area (Å²) in [6.45, 7) is -1.59. The Balaban J connectivity index is 3.15. The average Bonchev–Trinajstić information content (AvgIpc) is 2.22. The molecule has 2 N–H and O–H groups in total. The molecule has 0 atom stereocenters. The number of nitrogen functional groups attached to an aromatic ring is 1. The van der Waals surface area contributed by atoms with E-state index < -0.39 is 35.4 Å². The predicted molar refractivity (Wildman–Crippen MR) is 53.4 cm³/mol. The van der Waals surface area contributed by atoms with Crippen molar-refractivity contribution in [2.24, 2.45) is 0 Å². The van der Waals surface area contributed by atoms with Crippen LogP contribution >= 0.6 is 0 Å². The zero-order valence-electron chi connectivity index (χ0n) is 8.88. The third-order valence-electron chi connectivity index (χ3n) is 1.81. The zero-order valence-corrected chi connectivity index (χ0v) is 8.88. The van der Waals surface area contributed by atoms with Gasteiger partial charge in [0.2, 0.25) is 0 Å². The molecular formula is C10H10F3NO3. The van der Waals surface area contributed by atoms with Crippen LogP contribution in [0.3, 0.4) is 0 Å². The van der Waals surface area contributed by atoms with Gasteiger partial charge in [-0.25, -0.2) is 9.18 Å². The maximum atomic E-state index is 13.1. The van der Waals surface area contributed by atoms with Crippen molar-refractivity contribution in [2.75, 3.05) is 12.3 Å². The molecule has 0 aromatic heterocycles. The van der Waals surface area contributed by atoms with Crippen molar-refractivity contribution in [1.82, 2.24) is 0 Å². The van der Waals surface area contributed by atoms with E-state index in [0.717, 1.165) is 6.07 Å². The number of anilines is 1. The van der Waals surface area contributed by atoms with E-state index in [4.69, 9.17) is 5.73 Å². The molecule has 0 saturated carbocycles. The Kier molecular flexibility index (Phi) is 4.19. The first-order chi connectivity index (χ1) is 7.95. The van der Waals surface area contributed by atoms with Gasteiger partial charge in [0.25, 0.3) is 0 Å². The molecule has 0 unspecified atom stereocenters. The van der Waals surface area contributed by atoms with E-state index in [1.807, 2.05) is 0 Å². The smallest absolute Gasteiger partial charge is 0.387 e. The summed E-state index contributed by atoms with van der Waals surface area (Å²) in [5.41, 5.74) is 4.36. The van der Waals surface area contributed by atoms with Gasteiger partial charge in [0, 0.05) is 6.07 Å². The predicted octanol–water partition coefficient (Wildman–Crippen LogP) is 2.19. The Hall–Kier alpha value is -1.92. The lowest BCUT2D eigenvalue weighted by molar-refractivity contribution is -0.0504. The molecule has 1 aromatic carbocycles. The largest absolute Gasteiger partial charge is 0.462 e. The molecule has 1 aromatic rings. The second-order valence-electron chi connectivity index (χ2n) is 2.97. The standard InChI is InChI=1S/C10H10F3NO3/c1-2-16-9(15)5-3-6(11)7(14)4-8(5)17-10(12)13/h3-4,10H,2,14H2,1H3. The van der Waals surface area contributed by atoms with Crippen molar-refractivity contribution in [3.63, 3.8) is 0 Å². The van der Waals surface area contributed by atoms with Crippen molar-refractivity contribution in [1.29, 1.82) is 0 Å². The van der Waals surface area contributed by atoms with E-state index in [9.17, 15) is 18.0 Å². The number of nitrogens with two attached hydrogens (primary N) is 1. The fourth-order valence-electron chi connectivity index (χ4n) is 1.13. The molecule has 1 rings (SSSR count). The third-order valence-corrected chi connectivity index (χ3v) is 1.81. The molecule has 7 heteroatoms. The molecular weight excluding hydrogens is 239 g/mol. The molecule has 4 nitrogen and oxygen atoms in total. The van der Waals surface area contributed by atoms with Crippen molar-refractivity contribution in [3.05, 3.63) is 23.5 Å². The van der Waals surface area contributed by atoms with Gasteiger partial charge < -0.3 is 15.2 Å². The first-order valence-corrected chi connectivity index (χ1v) is 4.66. The molecule has 0 fully saturated rings. The van der Waals surface area contributed by atoms with Crippen LogP contribution < -0.4 is 10.5 Å². The Morgan fingerprint density at radius 2 is 2.12 bits per heavy atom. The number of esters is 1. The fraction of sp³-hybridized carbons (Fsp3) is 0.300. The molecule has 0 aliphatic heterocycles. The lowest BCUT2D eigenvalue weighted by Crippen LogP contribution is -2.12. The lowest BCUT2D eigenvalue weighted by atomic mass is 10.1. The molecule has 0 spiro atoms. The molecule has 17 heavy (non-hydrogen) atoms. The number of rotatable bonds is 4. The molecule has 0 aliphatic rings. The summed E-state index contributed by atoms with van der Waals surface area (Å²) in [6.07, 6.45) is 0. The molecule has 0 aliphatic carbocycles. The summed E-state index contributed by atoms with van der Waals surface area (Å²) >= 11 is 0. The molecule has 0 saturated heterocycles. The van der Waals surface area contributed by atoms with E-state index in [1.165, 1.54) is 6.92 Å². The van der Waals surface area contributed by atoms with Crippen LogP contribution in [-0.4, -0.2) is 19.2 Å². The molecule has 0 heterocycles. The lowest BCUT2D eigenvalue weighted by Gasteiger charge is -2.11. The van der Waals surface area contributed by atoms with E-state index in [0.29, 0.717) is 6.07 Å². The maximum Gasteiger partial charge on any atom is 0.387 e. The first kappa shape index (κ1) is 13.1. The summed E-state index contributed by atoms with van der Waals surface area (Å²) in [5, 5.41) is 0. The van der Waals surface area contributed by atoms with Gasteiger partial charge in [0.1, 0.15) is 17.1 Å². The Bertz CT molecular complexity index is 424. The van der Waals surface area contributed by atoms with Crippen molar-refractivity contribution >= 4 is 11.7 Å². The van der Waals surface area contributed by atoms with Crippen LogP contribution in [0.1, 0.15) is 17.3 Å². The quantitative estimate of drug-likeness (QED) is 0.656. The highest BCUT2D eigenvalue weighted by atomic mass is 19.3. The Morgan fingerprint density at radius 1 is 1.47 bits per heavy atom. The van der Waals surface area contributed by atoms with Crippen molar-refractivity contribution in [3.8, 4) is 5.75 Å². The SMILES string of the molecule is CCOC(=O)c1cc(F)c(N)cc1OC(F)F. The van der Waals surface area contributed by atoms with Crippen LogP contribution in [0.15, 0.2) is 12.1 Å². The number of carbonyl (C=O) groups excluding carboxylic acids is 1. The van der Waals surface area contributed by atoms with Crippen LogP contribution in [0.2, 0.25) is 0 Å².